The van der Waals surface area contributed by atoms with Crippen molar-refractivity contribution >= 4 is 73.8 Å². The molecule has 11 unspecified atom stereocenters. The molecule has 22 atom stereocenters. The first kappa shape index (κ1) is 100. The summed E-state index contributed by atoms with van der Waals surface area (Å²) in [6.45, 7) is 15.3. The lowest BCUT2D eigenvalue weighted by atomic mass is 9.62. The van der Waals surface area contributed by atoms with Crippen LogP contribution in [0.2, 0.25) is 0 Å². The lowest BCUT2D eigenvalue weighted by Crippen LogP contribution is -2.70. The van der Waals surface area contributed by atoms with Gasteiger partial charge in [-0.2, -0.15) is 0 Å². The predicted octanol–water partition coefficient (Wildman–Crippen LogP) is 3.07. The summed E-state index contributed by atoms with van der Waals surface area (Å²) in [5.41, 5.74) is -22.4. The fourth-order valence-electron chi connectivity index (χ4n) is 16.9. The van der Waals surface area contributed by atoms with Crippen molar-refractivity contribution in [3.63, 3.8) is 0 Å². The van der Waals surface area contributed by atoms with Gasteiger partial charge in [0.2, 0.25) is 0 Å². The molecule has 1 aliphatic heterocycles. The highest BCUT2D eigenvalue weighted by Crippen LogP contribution is 2.52. The van der Waals surface area contributed by atoms with Gasteiger partial charge in [-0.15, -0.1) is 6.42 Å². The molecule has 0 spiro atoms. The van der Waals surface area contributed by atoms with Crippen molar-refractivity contribution in [1.29, 1.82) is 0 Å². The monoisotopic (exact) mass is 1720 g/mol. The molecule has 5 saturated carbocycles. The summed E-state index contributed by atoms with van der Waals surface area (Å²) in [6, 6.07) is 6.18. The molecule has 6 aliphatic rings. The van der Waals surface area contributed by atoms with Gasteiger partial charge in [-0.1, -0.05) is 53.5 Å². The minimum atomic E-state index is -2.46. The van der Waals surface area contributed by atoms with Gasteiger partial charge in [-0.05, 0) is 213 Å². The Morgan fingerprint density at radius 1 is 0.444 bits per heavy atom. The van der Waals surface area contributed by atoms with Crippen LogP contribution in [0.5, 0.6) is 0 Å². The number of halogens is 1. The molecule has 9 rings (SSSR count). The number of methoxy groups -OCH3 is 1. The van der Waals surface area contributed by atoms with Crippen LogP contribution in [0.4, 0.5) is 0 Å². The highest BCUT2D eigenvalue weighted by Gasteiger charge is 2.73. The van der Waals surface area contributed by atoms with Gasteiger partial charge >= 0.3 is 0 Å². The number of nitrogens with zero attached hydrogens (tertiary/aromatic N) is 5. The number of hydrogen-bond acceptors (Lipinski definition) is 34. The summed E-state index contributed by atoms with van der Waals surface area (Å²) in [7, 11) is 1.41. The minimum Gasteiger partial charge on any atom is -0.469 e. The van der Waals surface area contributed by atoms with Gasteiger partial charge in [-0.25, -0.2) is 0 Å². The summed E-state index contributed by atoms with van der Waals surface area (Å²) in [5.74, 6) is -9.75. The zero-order valence-electron chi connectivity index (χ0n) is 66.0. The molecule has 1 aromatic heterocycles. The molecule has 2 aromatic carbocycles. The number of benzene rings is 2. The minimum absolute atomic E-state index is 0. The number of hydrogen-bond donors (Lipinski definition) is 10. The number of ketones is 10. The van der Waals surface area contributed by atoms with Gasteiger partial charge in [0.05, 0.1) is 25.1 Å². The van der Waals surface area contributed by atoms with Crippen molar-refractivity contribution in [3.8, 4) is 12.3 Å². The van der Waals surface area contributed by atoms with Crippen molar-refractivity contribution in [3.05, 3.63) is 144 Å². The van der Waals surface area contributed by atoms with E-state index in [1.807, 2.05) is 0 Å². The van der Waals surface area contributed by atoms with Crippen LogP contribution < -0.4 is 0 Å². The summed E-state index contributed by atoms with van der Waals surface area (Å²) < 4.78 is 22.3. The van der Waals surface area contributed by atoms with Gasteiger partial charge < -0.3 is 69.7 Å². The number of carbonyl (C=O) groups excluding carboxylic acids is 10. The maximum Gasteiger partial charge on any atom is 0.283 e. The van der Waals surface area contributed by atoms with Crippen LogP contribution in [0.1, 0.15) is 202 Å². The first-order valence-electron chi connectivity index (χ1n) is 36.3. The van der Waals surface area contributed by atoms with Gasteiger partial charge in [0.1, 0.15) is 5.76 Å². The zero-order valence-corrected chi connectivity index (χ0v) is 67.6. The molecule has 3 aromatic rings. The van der Waals surface area contributed by atoms with Gasteiger partial charge in [0.15, 0.2) is 120 Å². The number of aliphatic hydroxyl groups is 10. The molecule has 40 heteroatoms. The van der Waals surface area contributed by atoms with E-state index in [-0.39, 0.29) is 78.2 Å². The molecule has 2 heterocycles. The lowest BCUT2D eigenvalue weighted by Gasteiger charge is -2.46. The molecule has 0 amide bonds. The smallest absolute Gasteiger partial charge is 0.283 e. The molecule has 5 aliphatic carbocycles. The second-order valence-electron chi connectivity index (χ2n) is 31.5. The van der Waals surface area contributed by atoms with E-state index in [1.165, 1.54) is 13.4 Å². The highest BCUT2D eigenvalue weighted by atomic mass is 79.9. The predicted molar refractivity (Wildman–Crippen MR) is 407 cm³/mol. The van der Waals surface area contributed by atoms with Crippen LogP contribution in [0.3, 0.4) is 0 Å². The molecule has 0 radical (unpaired) electrons. The molecular weight excluding hydrogens is 1620 g/mol. The van der Waals surface area contributed by atoms with E-state index in [0.717, 1.165) is 73.7 Å². The van der Waals surface area contributed by atoms with Gasteiger partial charge in [-0.3, -0.25) is 98.5 Å². The first-order valence-corrected chi connectivity index (χ1v) is 37.1. The largest absolute Gasteiger partial charge is 0.469 e. The molecule has 646 valence electrons. The van der Waals surface area contributed by atoms with Crippen molar-refractivity contribution in [2.24, 2.45) is 11.8 Å². The molecule has 1 saturated heterocycles. The van der Waals surface area contributed by atoms with E-state index in [2.05, 4.69) is 21.9 Å². The second-order valence-corrected chi connectivity index (χ2v) is 32.5. The Labute approximate surface area is 679 Å². The van der Waals surface area contributed by atoms with Crippen molar-refractivity contribution in [2.75, 3.05) is 13.7 Å². The summed E-state index contributed by atoms with van der Waals surface area (Å²) in [4.78, 5) is 172. The second kappa shape index (κ2) is 37.1. The standard InChI is InChI=1S/C18H19NO6.C16H18BrNO6.C15H23NO8.C14H17NO7.C13H21NO7.CH4/c1-4-13-5-7-14(8-6-13)15-9-17(22,11(2)20)16(19(24)25)18(23,10-15)12(3)21;1-9(19)15(21)7-12(11-3-5-13(17)6-4-11)8-16(22,10(2)20)14(15)18(23)24;1-8(17)14(19)5-10(11-7-23-13(3,4)24-11)6-15(20,9(2)18)12(14)16(21)22;1-8(16)13(18)6-10(11-4-3-5-22-11)7-14(19,9(2)17)12(13)15(20)21;1-7(21-4)10-5-12(17,8(2)15)11(14(19)20)13(18,6-10)9(3)16;/h1,5-8,15-16,22-23H,9-10H2,2-3H3;3-6,12,14,21-22H,7-8H2,1-2H3;10-12,19-20H,5-7H2,1-4H3;3-5,10,12,18-19H,6-7H2,1-2H3;7,10-11,17-18H,5-6H2,1-4H3;1H4/t15?,16?,17-,18+;12?,14?,15-,16+;10?,11-,12?,14-,15+;10?,12?,13-,14+;7?,10?,11?,12-,13+;/m..1.../s1. The van der Waals surface area contributed by atoms with Crippen LogP contribution in [0, 0.1) is 74.8 Å². The topological polar surface area (TPSA) is 630 Å². The molecule has 39 nitrogen and oxygen atoms in total. The van der Waals surface area contributed by atoms with E-state index >= 15 is 0 Å². The lowest BCUT2D eigenvalue weighted by molar-refractivity contribution is -0.565. The first-order chi connectivity index (χ1) is 53.0. The van der Waals surface area contributed by atoms with E-state index in [0.29, 0.717) is 22.5 Å². The number of carbonyl (C=O) groups is 10. The maximum absolute atomic E-state index is 12.0. The Morgan fingerprint density at radius 3 is 0.923 bits per heavy atom. The highest BCUT2D eigenvalue weighted by molar-refractivity contribution is 9.10. The molecular formula is C77H102BrN5O34. The Bertz CT molecular complexity index is 4210. The van der Waals surface area contributed by atoms with Crippen LogP contribution in [-0.4, -0.2) is 251 Å². The maximum atomic E-state index is 12.0. The van der Waals surface area contributed by atoms with E-state index in [9.17, 15) is 150 Å². The molecule has 10 N–H and O–H groups in total. The SMILES string of the molecule is C.C#Cc1ccc(C2C[C@@](O)(C(C)=O)C([N+](=O)[O-])[C@@](O)(C(C)=O)C2)cc1.CC(=O)[C@]1(O)CC([C@H]2COC(C)(C)O2)C[C@](O)(C(C)=O)C1[N+](=O)[O-].CC(=O)[C@]1(O)CC(c2ccc(Br)cc2)C[C@](O)(C(C)=O)C1[N+](=O)[O-].CC(=O)[C@]1(O)CC(c2ccco2)C[C@](O)(C(C)=O)C1[N+](=O)[O-].COC(C)C1C[C@@](O)(C(C)=O)C([N+](=O)[O-])[C@@](O)(C(C)=O)C1. The van der Waals surface area contributed by atoms with Crippen LogP contribution >= 0.6 is 15.9 Å². The fraction of sp³-hybridized carbons (Fsp3) is 0.636. The van der Waals surface area contributed by atoms with Gasteiger partial charge in [0.25, 0.3) is 30.2 Å². The van der Waals surface area contributed by atoms with Crippen LogP contribution in [0.25, 0.3) is 0 Å². The van der Waals surface area contributed by atoms with E-state index in [1.54, 1.807) is 81.4 Å². The van der Waals surface area contributed by atoms with Crippen molar-refractivity contribution in [2.45, 2.75) is 284 Å². The average Bonchev–Trinajstić information content (AvgIpc) is 1.47. The number of rotatable bonds is 21. The zero-order chi connectivity index (χ0) is 89.1. The fourth-order valence-corrected chi connectivity index (χ4v) is 17.2. The number of Topliss-reactive ketones (excluding diaryl/α,β-unsaturated/α-hetero) is 10. The average molecular weight is 1720 g/mol. The Kier molecular flexibility index (Phi) is 31.8. The normalized spacial score (nSPS) is 35.5. The third-order valence-corrected chi connectivity index (χ3v) is 24.3. The van der Waals surface area contributed by atoms with E-state index < -0.39 is 216 Å². The Hall–Kier alpha value is -9.06. The molecule has 0 bridgehead atoms. The Balaban J connectivity index is 0.000000307. The van der Waals surface area contributed by atoms with Crippen molar-refractivity contribution < 1.29 is 142 Å². The van der Waals surface area contributed by atoms with Gasteiger partial charge in [0, 0.05) is 60.5 Å². The van der Waals surface area contributed by atoms with Crippen LogP contribution in [-0.2, 0) is 62.2 Å². The third-order valence-electron chi connectivity index (χ3n) is 23.7. The number of nitro groups is 5. The number of ether oxygens (including phenoxy) is 3. The molecule has 117 heavy (non-hydrogen) atoms. The third kappa shape index (κ3) is 20.0. The Morgan fingerprint density at radius 2 is 0.701 bits per heavy atom. The van der Waals surface area contributed by atoms with E-state index in [4.69, 9.17) is 25.1 Å². The summed E-state index contributed by atoms with van der Waals surface area (Å²) in [6.07, 6.45) is 2.98. The summed E-state index contributed by atoms with van der Waals surface area (Å²) in [5, 5.41) is 164. The van der Waals surface area contributed by atoms with Crippen molar-refractivity contribution in [1.82, 2.24) is 0 Å². The van der Waals surface area contributed by atoms with Crippen LogP contribution in [0.15, 0.2) is 75.8 Å². The summed E-state index contributed by atoms with van der Waals surface area (Å²) >= 11 is 3.29. The molecule has 6 fully saturated rings. The quantitative estimate of drug-likeness (QED) is 0.0416. The number of furan rings is 1. The number of terminal acetylenes is 1.